The molecule has 5 heteroatoms. The maximum Gasteiger partial charge on any atom is 0.325 e. The first-order valence-electron chi connectivity index (χ1n) is 7.22. The summed E-state index contributed by atoms with van der Waals surface area (Å²) in [7, 11) is 0. The van der Waals surface area contributed by atoms with Crippen LogP contribution in [-0.4, -0.2) is 34.3 Å². The van der Waals surface area contributed by atoms with Crippen molar-refractivity contribution in [2.75, 3.05) is 11.9 Å². The van der Waals surface area contributed by atoms with Crippen LogP contribution in [0.4, 0.5) is 4.79 Å². The molecule has 2 aliphatic rings. The van der Waals surface area contributed by atoms with Crippen molar-refractivity contribution in [2.45, 2.75) is 57.9 Å². The Kier molecular flexibility index (Phi) is 4.23. The zero-order valence-electron chi connectivity index (χ0n) is 11.8. The molecule has 2 rings (SSSR count). The third kappa shape index (κ3) is 2.41. The lowest BCUT2D eigenvalue weighted by molar-refractivity contribution is -0.132. The van der Waals surface area contributed by atoms with Crippen molar-refractivity contribution >= 4 is 27.9 Å². The van der Waals surface area contributed by atoms with E-state index < -0.39 is 5.54 Å². The van der Waals surface area contributed by atoms with E-state index >= 15 is 0 Å². The van der Waals surface area contributed by atoms with Gasteiger partial charge >= 0.3 is 6.03 Å². The molecule has 1 N–H and O–H groups in total. The van der Waals surface area contributed by atoms with Crippen LogP contribution in [0.2, 0.25) is 0 Å². The molecule has 0 radical (unpaired) electrons. The second-order valence-corrected chi connectivity index (χ2v) is 6.51. The topological polar surface area (TPSA) is 49.4 Å². The normalized spacial score (nSPS) is 22.4. The lowest BCUT2D eigenvalue weighted by atomic mass is 9.84. The summed E-state index contributed by atoms with van der Waals surface area (Å²) in [6.07, 6.45) is 5.58. The summed E-state index contributed by atoms with van der Waals surface area (Å²) in [5, 5.41) is 3.76. The predicted molar refractivity (Wildman–Crippen MR) is 78.3 cm³/mol. The van der Waals surface area contributed by atoms with Crippen LogP contribution < -0.4 is 5.32 Å². The Morgan fingerprint density at radius 2 is 1.84 bits per heavy atom. The maximum atomic E-state index is 12.6. The molecule has 1 spiro atoms. The Bertz CT molecular complexity index is 365. The minimum atomic E-state index is -0.573. The molecule has 4 nitrogen and oxygen atoms in total. The van der Waals surface area contributed by atoms with Gasteiger partial charge in [0.15, 0.2) is 0 Å². The Labute approximate surface area is 123 Å². The number of amides is 3. The summed E-state index contributed by atoms with van der Waals surface area (Å²) >= 11 is 3.55. The summed E-state index contributed by atoms with van der Waals surface area (Å²) in [6, 6.07) is -0.195. The molecule has 2 fully saturated rings. The van der Waals surface area contributed by atoms with Gasteiger partial charge in [-0.3, -0.25) is 9.69 Å². The number of halogens is 1. The summed E-state index contributed by atoms with van der Waals surface area (Å²) in [4.78, 5) is 26.2. The van der Waals surface area contributed by atoms with Gasteiger partial charge in [0.2, 0.25) is 0 Å². The van der Waals surface area contributed by atoms with Crippen LogP contribution >= 0.6 is 15.9 Å². The van der Waals surface area contributed by atoms with Crippen LogP contribution in [0, 0.1) is 5.41 Å². The molecule has 0 aromatic heterocycles. The van der Waals surface area contributed by atoms with Crippen molar-refractivity contribution in [1.29, 1.82) is 0 Å². The first kappa shape index (κ1) is 14.8. The number of rotatable bonds is 5. The van der Waals surface area contributed by atoms with Crippen LogP contribution in [0.5, 0.6) is 0 Å². The molecule has 0 unspecified atom stereocenters. The van der Waals surface area contributed by atoms with Crippen LogP contribution in [0.3, 0.4) is 0 Å². The van der Waals surface area contributed by atoms with E-state index in [0.29, 0.717) is 6.54 Å². The molecule has 1 heterocycles. The summed E-state index contributed by atoms with van der Waals surface area (Å²) in [5.74, 6) is 0.00206. The van der Waals surface area contributed by atoms with Crippen LogP contribution in [0.1, 0.15) is 52.4 Å². The number of urea groups is 1. The van der Waals surface area contributed by atoms with E-state index in [9.17, 15) is 9.59 Å². The highest BCUT2D eigenvalue weighted by atomic mass is 79.9. The first-order chi connectivity index (χ1) is 9.02. The summed E-state index contributed by atoms with van der Waals surface area (Å²) < 4.78 is 0. The number of carbonyl (C=O) groups excluding carboxylic acids is 2. The number of nitrogens with one attached hydrogen (secondary N) is 1. The summed E-state index contributed by atoms with van der Waals surface area (Å²) in [5.41, 5.74) is -0.576. The second kappa shape index (κ2) is 5.43. The smallest absolute Gasteiger partial charge is 0.323 e. The van der Waals surface area contributed by atoms with Gasteiger partial charge in [-0.1, -0.05) is 42.6 Å². The van der Waals surface area contributed by atoms with E-state index in [2.05, 4.69) is 35.1 Å². The highest BCUT2D eigenvalue weighted by Gasteiger charge is 2.53. The third-order valence-electron chi connectivity index (χ3n) is 4.98. The molecule has 1 aliphatic carbocycles. The molecule has 1 aliphatic heterocycles. The zero-order valence-corrected chi connectivity index (χ0v) is 13.4. The number of nitrogens with zero attached hydrogens (tertiary/aromatic N) is 1. The Morgan fingerprint density at radius 3 is 2.32 bits per heavy atom. The van der Waals surface area contributed by atoms with Gasteiger partial charge in [0.1, 0.15) is 5.54 Å². The van der Waals surface area contributed by atoms with Crippen molar-refractivity contribution in [1.82, 2.24) is 10.2 Å². The van der Waals surface area contributed by atoms with Gasteiger partial charge in [0.25, 0.3) is 5.91 Å². The number of hydrogen-bond acceptors (Lipinski definition) is 2. The lowest BCUT2D eigenvalue weighted by Crippen LogP contribution is -2.45. The molecular weight excluding hydrogens is 308 g/mol. The Hall–Kier alpha value is -0.580. The lowest BCUT2D eigenvalue weighted by Gasteiger charge is -2.33. The average molecular weight is 331 g/mol. The molecule has 0 aromatic carbocycles. The molecule has 0 bridgehead atoms. The standard InChI is InChI=1S/C14H23BrN2O2/c1-3-13(4-2,9-15)10-17-11(18)14(16-12(17)19)7-5-6-8-14/h3-10H2,1-2H3,(H,16,19). The van der Waals surface area contributed by atoms with Crippen molar-refractivity contribution in [3.63, 3.8) is 0 Å². The van der Waals surface area contributed by atoms with E-state index in [1.807, 2.05) is 0 Å². The van der Waals surface area contributed by atoms with Gasteiger partial charge in [-0.15, -0.1) is 0 Å². The molecule has 0 atom stereocenters. The van der Waals surface area contributed by atoms with Gasteiger partial charge < -0.3 is 5.32 Å². The predicted octanol–water partition coefficient (Wildman–Crippen LogP) is 3.05. The summed E-state index contributed by atoms with van der Waals surface area (Å²) in [6.45, 7) is 4.76. The molecular formula is C14H23BrN2O2. The largest absolute Gasteiger partial charge is 0.325 e. The number of alkyl halides is 1. The molecule has 19 heavy (non-hydrogen) atoms. The SMILES string of the molecule is CCC(CC)(CBr)CN1C(=O)NC2(CCCC2)C1=O. The average Bonchev–Trinajstić information content (AvgIpc) is 2.97. The van der Waals surface area contributed by atoms with Gasteiger partial charge in [0, 0.05) is 11.9 Å². The zero-order chi connectivity index (χ0) is 14.1. The number of hydrogen-bond donors (Lipinski definition) is 1. The molecule has 108 valence electrons. The fourth-order valence-corrected chi connectivity index (χ4v) is 4.15. The van der Waals surface area contributed by atoms with Gasteiger partial charge in [0.05, 0.1) is 0 Å². The molecule has 1 saturated heterocycles. The highest BCUT2D eigenvalue weighted by Crippen LogP contribution is 2.38. The van der Waals surface area contributed by atoms with E-state index in [-0.39, 0.29) is 17.4 Å². The third-order valence-corrected chi connectivity index (χ3v) is 6.17. The van der Waals surface area contributed by atoms with Crippen molar-refractivity contribution in [3.05, 3.63) is 0 Å². The van der Waals surface area contributed by atoms with Crippen LogP contribution in [-0.2, 0) is 4.79 Å². The quantitative estimate of drug-likeness (QED) is 0.622. The fourth-order valence-electron chi connectivity index (χ4n) is 3.18. The maximum absolute atomic E-state index is 12.6. The van der Waals surface area contributed by atoms with Crippen LogP contribution in [0.15, 0.2) is 0 Å². The minimum absolute atomic E-state index is 0.00206. The first-order valence-corrected chi connectivity index (χ1v) is 8.35. The van der Waals surface area contributed by atoms with Crippen molar-refractivity contribution in [3.8, 4) is 0 Å². The van der Waals surface area contributed by atoms with Gasteiger partial charge in [-0.2, -0.15) is 0 Å². The van der Waals surface area contributed by atoms with E-state index in [4.69, 9.17) is 0 Å². The van der Waals surface area contributed by atoms with Gasteiger partial charge in [-0.25, -0.2) is 4.79 Å². The van der Waals surface area contributed by atoms with E-state index in [1.165, 1.54) is 4.90 Å². The fraction of sp³-hybridized carbons (Fsp3) is 0.857. The highest BCUT2D eigenvalue weighted by molar-refractivity contribution is 9.09. The van der Waals surface area contributed by atoms with Gasteiger partial charge in [-0.05, 0) is 31.1 Å². The van der Waals surface area contributed by atoms with Crippen molar-refractivity contribution in [2.24, 2.45) is 5.41 Å². The Morgan fingerprint density at radius 1 is 1.26 bits per heavy atom. The Balaban J connectivity index is 2.17. The molecule has 1 saturated carbocycles. The number of imide groups is 1. The molecule has 3 amide bonds. The van der Waals surface area contributed by atoms with E-state index in [0.717, 1.165) is 43.9 Å². The van der Waals surface area contributed by atoms with Crippen LogP contribution in [0.25, 0.3) is 0 Å². The van der Waals surface area contributed by atoms with E-state index in [1.54, 1.807) is 0 Å². The molecule has 0 aromatic rings. The van der Waals surface area contributed by atoms with Crippen molar-refractivity contribution < 1.29 is 9.59 Å². The number of carbonyl (C=O) groups is 2. The second-order valence-electron chi connectivity index (χ2n) is 5.95. The minimum Gasteiger partial charge on any atom is -0.323 e. The monoisotopic (exact) mass is 330 g/mol.